The fourth-order valence-electron chi connectivity index (χ4n) is 2.06. The third-order valence-electron chi connectivity index (χ3n) is 3.40. The molecular formula is C17H17BrClN3O4S. The highest BCUT2D eigenvalue weighted by molar-refractivity contribution is 9.11. The van der Waals surface area contributed by atoms with Gasteiger partial charge in [-0.15, -0.1) is 0 Å². The third-order valence-corrected chi connectivity index (χ3v) is 5.12. The highest BCUT2D eigenvalue weighted by Crippen LogP contribution is 2.23. The Kier molecular flexibility index (Phi) is 7.76. The van der Waals surface area contributed by atoms with E-state index in [1.165, 1.54) is 11.3 Å². The van der Waals surface area contributed by atoms with Crippen molar-refractivity contribution in [2.24, 2.45) is 5.92 Å². The van der Waals surface area contributed by atoms with Crippen LogP contribution in [0.4, 0.5) is 5.13 Å². The summed E-state index contributed by atoms with van der Waals surface area (Å²) in [4.78, 5) is 40.5. The predicted molar refractivity (Wildman–Crippen MR) is 107 cm³/mol. The molecule has 7 nitrogen and oxygen atoms in total. The summed E-state index contributed by atoms with van der Waals surface area (Å²) in [6.07, 6.45) is 1.55. The Hall–Kier alpha value is -1.97. The molecule has 0 aliphatic rings. The van der Waals surface area contributed by atoms with Crippen molar-refractivity contribution < 1.29 is 19.1 Å². The average molecular weight is 475 g/mol. The van der Waals surface area contributed by atoms with Crippen molar-refractivity contribution in [1.82, 2.24) is 10.3 Å². The Balaban J connectivity index is 1.93. The number of carbonyl (C=O) groups is 3. The number of nitrogens with one attached hydrogen (secondary N) is 2. The zero-order valence-electron chi connectivity index (χ0n) is 14.5. The van der Waals surface area contributed by atoms with Gasteiger partial charge in [-0.05, 0) is 34.0 Å². The molecular weight excluding hydrogens is 458 g/mol. The van der Waals surface area contributed by atoms with E-state index in [4.69, 9.17) is 16.3 Å². The first kappa shape index (κ1) is 21.3. The van der Waals surface area contributed by atoms with Crippen LogP contribution in [-0.4, -0.2) is 35.4 Å². The first-order valence-corrected chi connectivity index (χ1v) is 9.90. The van der Waals surface area contributed by atoms with Gasteiger partial charge in [-0.25, -0.2) is 9.78 Å². The van der Waals surface area contributed by atoms with Crippen molar-refractivity contribution in [1.29, 1.82) is 0 Å². The molecule has 0 saturated carbocycles. The van der Waals surface area contributed by atoms with E-state index >= 15 is 0 Å². The van der Waals surface area contributed by atoms with Crippen LogP contribution in [0.1, 0.15) is 24.2 Å². The monoisotopic (exact) mass is 473 g/mol. The van der Waals surface area contributed by atoms with E-state index in [2.05, 4.69) is 31.5 Å². The summed E-state index contributed by atoms with van der Waals surface area (Å²) in [6.45, 7) is 3.03. The molecule has 0 fully saturated rings. The molecule has 2 aromatic rings. The Morgan fingerprint density at radius 2 is 2.00 bits per heavy atom. The van der Waals surface area contributed by atoms with Crippen molar-refractivity contribution in [3.05, 3.63) is 44.8 Å². The van der Waals surface area contributed by atoms with Crippen molar-refractivity contribution in [2.75, 3.05) is 11.9 Å². The van der Waals surface area contributed by atoms with Gasteiger partial charge in [-0.3, -0.25) is 14.9 Å². The topological polar surface area (TPSA) is 97.4 Å². The first-order chi connectivity index (χ1) is 12.8. The SMILES string of the molecule is CC(C)[C@@H](NC(=O)c1ccccc1Cl)C(=O)OCC(=O)Nc1ncc(Br)s1. The zero-order valence-corrected chi connectivity index (χ0v) is 17.7. The summed E-state index contributed by atoms with van der Waals surface area (Å²) in [5.41, 5.74) is 0.254. The molecule has 0 spiro atoms. The molecule has 10 heteroatoms. The number of anilines is 1. The smallest absolute Gasteiger partial charge is 0.329 e. The maximum atomic E-state index is 12.4. The van der Waals surface area contributed by atoms with E-state index in [1.807, 2.05) is 0 Å². The second-order valence-electron chi connectivity index (χ2n) is 5.80. The molecule has 144 valence electrons. The lowest BCUT2D eigenvalue weighted by atomic mass is 10.0. The van der Waals surface area contributed by atoms with Crippen molar-refractivity contribution in [2.45, 2.75) is 19.9 Å². The summed E-state index contributed by atoms with van der Waals surface area (Å²) in [5.74, 6) is -1.97. The highest BCUT2D eigenvalue weighted by atomic mass is 79.9. The fourth-order valence-corrected chi connectivity index (χ4v) is 3.40. The second-order valence-corrected chi connectivity index (χ2v) is 8.62. The largest absolute Gasteiger partial charge is 0.454 e. The number of ether oxygens (including phenoxy) is 1. The Morgan fingerprint density at radius 3 is 2.59 bits per heavy atom. The number of thiazole rings is 1. The van der Waals surface area contributed by atoms with Crippen LogP contribution in [0.15, 0.2) is 34.2 Å². The molecule has 1 aromatic heterocycles. The normalized spacial score (nSPS) is 11.7. The van der Waals surface area contributed by atoms with E-state index in [0.29, 0.717) is 5.13 Å². The molecule has 1 atom stereocenters. The predicted octanol–water partition coefficient (Wildman–Crippen LogP) is 3.50. The lowest BCUT2D eigenvalue weighted by Crippen LogP contribution is -2.46. The Labute approximate surface area is 173 Å². The van der Waals surface area contributed by atoms with Crippen LogP contribution >= 0.6 is 38.9 Å². The fraction of sp³-hybridized carbons (Fsp3) is 0.294. The first-order valence-electron chi connectivity index (χ1n) is 7.91. The number of esters is 1. The summed E-state index contributed by atoms with van der Waals surface area (Å²) < 4.78 is 5.80. The quantitative estimate of drug-likeness (QED) is 0.599. The molecule has 0 unspecified atom stereocenters. The number of carbonyl (C=O) groups excluding carboxylic acids is 3. The lowest BCUT2D eigenvalue weighted by Gasteiger charge is -2.21. The van der Waals surface area contributed by atoms with Gasteiger partial charge in [-0.1, -0.05) is 48.9 Å². The van der Waals surface area contributed by atoms with Crippen molar-refractivity contribution in [3.63, 3.8) is 0 Å². The van der Waals surface area contributed by atoms with Gasteiger partial charge in [0.25, 0.3) is 11.8 Å². The molecule has 0 bridgehead atoms. The Bertz CT molecular complexity index is 843. The van der Waals surface area contributed by atoms with E-state index in [9.17, 15) is 14.4 Å². The van der Waals surface area contributed by atoms with Crippen LogP contribution in [0.25, 0.3) is 0 Å². The van der Waals surface area contributed by atoms with E-state index in [0.717, 1.165) is 3.79 Å². The zero-order chi connectivity index (χ0) is 20.0. The number of rotatable bonds is 7. The van der Waals surface area contributed by atoms with Gasteiger partial charge in [0.2, 0.25) is 0 Å². The number of aromatic nitrogens is 1. The van der Waals surface area contributed by atoms with Crippen LogP contribution in [0.2, 0.25) is 5.02 Å². The van der Waals surface area contributed by atoms with E-state index in [-0.39, 0.29) is 16.5 Å². The third kappa shape index (κ3) is 6.30. The molecule has 0 saturated heterocycles. The van der Waals surface area contributed by atoms with Gasteiger partial charge >= 0.3 is 5.97 Å². The molecule has 2 rings (SSSR count). The molecule has 0 aliphatic heterocycles. The van der Waals surface area contributed by atoms with Crippen LogP contribution in [-0.2, 0) is 14.3 Å². The number of benzene rings is 1. The van der Waals surface area contributed by atoms with Gasteiger partial charge in [-0.2, -0.15) is 0 Å². The van der Waals surface area contributed by atoms with Crippen LogP contribution in [0.3, 0.4) is 0 Å². The van der Waals surface area contributed by atoms with Crippen LogP contribution in [0.5, 0.6) is 0 Å². The summed E-state index contributed by atoms with van der Waals surface area (Å²) >= 11 is 10.5. The summed E-state index contributed by atoms with van der Waals surface area (Å²) in [6, 6.07) is 5.59. The minimum Gasteiger partial charge on any atom is -0.454 e. The number of hydrogen-bond acceptors (Lipinski definition) is 6. The molecule has 27 heavy (non-hydrogen) atoms. The highest BCUT2D eigenvalue weighted by Gasteiger charge is 2.27. The lowest BCUT2D eigenvalue weighted by molar-refractivity contribution is -0.150. The second kappa shape index (κ2) is 9.82. The Morgan fingerprint density at radius 1 is 1.30 bits per heavy atom. The van der Waals surface area contributed by atoms with Gasteiger partial charge < -0.3 is 10.1 Å². The maximum Gasteiger partial charge on any atom is 0.329 e. The minimum atomic E-state index is -0.921. The minimum absolute atomic E-state index is 0.248. The summed E-state index contributed by atoms with van der Waals surface area (Å²) in [5, 5.41) is 5.78. The maximum absolute atomic E-state index is 12.4. The average Bonchev–Trinajstić information content (AvgIpc) is 3.02. The number of nitrogens with zero attached hydrogens (tertiary/aromatic N) is 1. The van der Waals surface area contributed by atoms with E-state index in [1.54, 1.807) is 44.3 Å². The van der Waals surface area contributed by atoms with Gasteiger partial charge in [0.1, 0.15) is 6.04 Å². The molecule has 2 amide bonds. The van der Waals surface area contributed by atoms with Gasteiger partial charge in [0.15, 0.2) is 11.7 Å². The number of halogens is 2. The molecule has 2 N–H and O–H groups in total. The molecule has 0 aliphatic carbocycles. The van der Waals surface area contributed by atoms with Crippen LogP contribution in [0, 0.1) is 5.92 Å². The van der Waals surface area contributed by atoms with Crippen molar-refractivity contribution >= 4 is 61.8 Å². The van der Waals surface area contributed by atoms with Crippen LogP contribution < -0.4 is 10.6 Å². The van der Waals surface area contributed by atoms with E-state index < -0.39 is 30.4 Å². The van der Waals surface area contributed by atoms with Gasteiger partial charge in [0.05, 0.1) is 20.6 Å². The van der Waals surface area contributed by atoms with Gasteiger partial charge in [0, 0.05) is 0 Å². The molecule has 1 heterocycles. The van der Waals surface area contributed by atoms with Crippen molar-refractivity contribution in [3.8, 4) is 0 Å². The summed E-state index contributed by atoms with van der Waals surface area (Å²) in [7, 11) is 0. The molecule has 1 aromatic carbocycles. The molecule has 0 radical (unpaired) electrons. The number of hydrogen-bond donors (Lipinski definition) is 2. The number of amides is 2. The standard InChI is InChI=1S/C17H17BrClN3O4S/c1-9(2)14(22-15(24)10-5-3-4-6-11(10)19)16(25)26-8-13(23)21-17-20-7-12(18)27-17/h3-7,9,14H,8H2,1-2H3,(H,22,24)(H,20,21,23)/t14-/m1/s1.